The van der Waals surface area contributed by atoms with E-state index in [9.17, 15) is 13.2 Å². The minimum absolute atomic E-state index is 0.0719. The number of benzene rings is 1. The van der Waals surface area contributed by atoms with Crippen LogP contribution in [-0.4, -0.2) is 36.4 Å². The second-order valence-corrected chi connectivity index (χ2v) is 9.24. The molecule has 0 aliphatic heterocycles. The molecule has 142 valence electrons. The highest BCUT2D eigenvalue weighted by atomic mass is 32.2. The van der Waals surface area contributed by atoms with Crippen molar-refractivity contribution < 1.29 is 17.7 Å². The minimum Gasteiger partial charge on any atom is -0.363 e. The summed E-state index contributed by atoms with van der Waals surface area (Å²) >= 11 is 0. The predicted molar refractivity (Wildman–Crippen MR) is 99.3 cm³/mol. The highest BCUT2D eigenvalue weighted by molar-refractivity contribution is 7.89. The van der Waals surface area contributed by atoms with E-state index in [4.69, 9.17) is 0 Å². The Morgan fingerprint density at radius 2 is 1.81 bits per heavy atom. The van der Waals surface area contributed by atoms with Gasteiger partial charge in [0.2, 0.25) is 15.9 Å². The molecule has 0 unspecified atom stereocenters. The molecule has 0 atom stereocenters. The number of carbonyl (C=O) groups is 1. The van der Waals surface area contributed by atoms with Gasteiger partial charge < -0.3 is 9.84 Å². The fourth-order valence-electron chi connectivity index (χ4n) is 2.41. The quantitative estimate of drug-likeness (QED) is 0.833. The average Bonchev–Trinajstić information content (AvgIpc) is 3.04. The fraction of sp³-hybridized carbons (Fsp3) is 0.444. The number of rotatable bonds is 6. The number of nitrogens with one attached hydrogen (secondary N) is 1. The maximum absolute atomic E-state index is 13.0. The van der Waals surface area contributed by atoms with Gasteiger partial charge in [0, 0.05) is 12.1 Å². The first-order valence-corrected chi connectivity index (χ1v) is 9.78. The van der Waals surface area contributed by atoms with Crippen molar-refractivity contribution in [2.75, 3.05) is 11.9 Å². The second-order valence-electron chi connectivity index (χ2n) is 7.35. The maximum atomic E-state index is 13.0. The molecule has 0 saturated heterocycles. The van der Waals surface area contributed by atoms with Crippen LogP contribution in [0.2, 0.25) is 0 Å². The van der Waals surface area contributed by atoms with E-state index in [1.165, 1.54) is 12.3 Å². The molecule has 2 aromatic rings. The van der Waals surface area contributed by atoms with Crippen molar-refractivity contribution >= 4 is 21.7 Å². The molecule has 1 amide bonds. The summed E-state index contributed by atoms with van der Waals surface area (Å²) < 4.78 is 31.8. The zero-order valence-corrected chi connectivity index (χ0v) is 16.5. The van der Waals surface area contributed by atoms with Gasteiger partial charge in [-0.15, -0.1) is 0 Å². The highest BCUT2D eigenvalue weighted by Gasteiger charge is 2.29. The van der Waals surface area contributed by atoms with Gasteiger partial charge >= 0.3 is 0 Å². The third kappa shape index (κ3) is 4.70. The molecule has 0 fully saturated rings. The van der Waals surface area contributed by atoms with E-state index < -0.39 is 15.9 Å². The third-order valence-electron chi connectivity index (χ3n) is 3.91. The van der Waals surface area contributed by atoms with Crippen molar-refractivity contribution in [1.82, 2.24) is 9.46 Å². The van der Waals surface area contributed by atoms with Gasteiger partial charge in [0.15, 0.2) is 5.82 Å². The third-order valence-corrected chi connectivity index (χ3v) is 5.94. The number of amides is 1. The van der Waals surface area contributed by atoms with Crippen LogP contribution in [0.5, 0.6) is 0 Å². The minimum atomic E-state index is -3.81. The molecular weight excluding hydrogens is 354 g/mol. The van der Waals surface area contributed by atoms with Crippen LogP contribution >= 0.6 is 0 Å². The smallest absolute Gasteiger partial charge is 0.243 e. The van der Waals surface area contributed by atoms with Crippen LogP contribution in [0.15, 0.2) is 46.0 Å². The van der Waals surface area contributed by atoms with Crippen molar-refractivity contribution in [2.24, 2.45) is 0 Å². The summed E-state index contributed by atoms with van der Waals surface area (Å²) in [7, 11) is -3.81. The lowest BCUT2D eigenvalue weighted by Gasteiger charge is -2.26. The number of hydrogen-bond acceptors (Lipinski definition) is 5. The fourth-order valence-corrected chi connectivity index (χ4v) is 4.00. The Morgan fingerprint density at radius 3 is 2.27 bits per heavy atom. The summed E-state index contributed by atoms with van der Waals surface area (Å²) in [6.07, 6.45) is 1.32. The number of carbonyl (C=O) groups excluding carboxylic acids is 1. The van der Waals surface area contributed by atoms with E-state index in [0.717, 1.165) is 9.87 Å². The lowest BCUT2D eigenvalue weighted by atomic mass is 9.87. The van der Waals surface area contributed by atoms with Gasteiger partial charge in [-0.2, -0.15) is 4.31 Å². The molecule has 2 rings (SSSR count). The van der Waals surface area contributed by atoms with Crippen molar-refractivity contribution in [2.45, 2.75) is 51.0 Å². The Balaban J connectivity index is 2.23. The van der Waals surface area contributed by atoms with Crippen LogP contribution in [-0.2, 0) is 20.2 Å². The van der Waals surface area contributed by atoms with E-state index in [1.54, 1.807) is 38.1 Å². The molecule has 1 aromatic heterocycles. The standard InChI is InChI=1S/C18H25N3O4S/c1-13(2)21(12-17(22)19-16-10-11-25-20-16)26(23,24)15-8-6-14(7-9-15)18(3,4)5/h6-11,13H,12H2,1-5H3,(H,19,20,22). The number of nitrogens with zero attached hydrogens (tertiary/aromatic N) is 2. The van der Waals surface area contributed by atoms with Crippen molar-refractivity contribution in [3.63, 3.8) is 0 Å². The summed E-state index contributed by atoms with van der Waals surface area (Å²) in [5.41, 5.74) is 0.966. The number of aromatic nitrogens is 1. The van der Waals surface area contributed by atoms with Gasteiger partial charge in [-0.25, -0.2) is 8.42 Å². The Labute approximate surface area is 154 Å². The largest absolute Gasteiger partial charge is 0.363 e. The first kappa shape index (κ1) is 20.1. The van der Waals surface area contributed by atoms with Crippen LogP contribution in [0, 0.1) is 0 Å². The Kier molecular flexibility index (Phi) is 5.87. The molecule has 26 heavy (non-hydrogen) atoms. The highest BCUT2D eigenvalue weighted by Crippen LogP contribution is 2.25. The van der Waals surface area contributed by atoms with Gasteiger partial charge in [-0.3, -0.25) is 4.79 Å². The van der Waals surface area contributed by atoms with Crippen LogP contribution in [0.3, 0.4) is 0 Å². The zero-order chi connectivity index (χ0) is 19.5. The zero-order valence-electron chi connectivity index (χ0n) is 15.7. The molecule has 7 nitrogen and oxygen atoms in total. The molecule has 0 aliphatic rings. The number of anilines is 1. The summed E-state index contributed by atoms with van der Waals surface area (Å²) in [6.45, 7) is 9.32. The molecule has 0 saturated carbocycles. The molecular formula is C18H25N3O4S. The topological polar surface area (TPSA) is 92.5 Å². The normalized spacial score (nSPS) is 12.6. The van der Waals surface area contributed by atoms with Crippen LogP contribution in [0.25, 0.3) is 0 Å². The van der Waals surface area contributed by atoms with Gasteiger partial charge in [0.05, 0.1) is 11.4 Å². The monoisotopic (exact) mass is 379 g/mol. The van der Waals surface area contributed by atoms with Gasteiger partial charge in [0.25, 0.3) is 0 Å². The van der Waals surface area contributed by atoms with E-state index >= 15 is 0 Å². The summed E-state index contributed by atoms with van der Waals surface area (Å²) in [5, 5.41) is 6.10. The molecule has 0 aliphatic carbocycles. The molecule has 0 spiro atoms. The van der Waals surface area contributed by atoms with E-state index in [2.05, 4.69) is 35.8 Å². The molecule has 1 N–H and O–H groups in total. The van der Waals surface area contributed by atoms with E-state index in [-0.39, 0.29) is 28.7 Å². The number of sulfonamides is 1. The van der Waals surface area contributed by atoms with Gasteiger partial charge in [-0.1, -0.05) is 38.1 Å². The number of hydrogen-bond donors (Lipinski definition) is 1. The van der Waals surface area contributed by atoms with Gasteiger partial charge in [-0.05, 0) is 37.0 Å². The summed E-state index contributed by atoms with van der Waals surface area (Å²) in [4.78, 5) is 12.4. The Hall–Kier alpha value is -2.19. The summed E-state index contributed by atoms with van der Waals surface area (Å²) in [6, 6.07) is 7.88. The summed E-state index contributed by atoms with van der Waals surface area (Å²) in [5.74, 6) is -0.242. The van der Waals surface area contributed by atoms with Crippen LogP contribution in [0.1, 0.15) is 40.2 Å². The molecule has 8 heteroatoms. The van der Waals surface area contributed by atoms with E-state index in [0.29, 0.717) is 0 Å². The predicted octanol–water partition coefficient (Wildman–Crippen LogP) is 3.01. The van der Waals surface area contributed by atoms with E-state index in [1.807, 2.05) is 0 Å². The molecule has 0 radical (unpaired) electrons. The van der Waals surface area contributed by atoms with Crippen molar-refractivity contribution in [3.8, 4) is 0 Å². The SMILES string of the molecule is CC(C)N(CC(=O)Nc1ccon1)S(=O)(=O)c1ccc(C(C)(C)C)cc1. The van der Waals surface area contributed by atoms with Gasteiger partial charge in [0.1, 0.15) is 6.26 Å². The maximum Gasteiger partial charge on any atom is 0.243 e. The first-order chi connectivity index (χ1) is 12.0. The molecule has 1 aromatic carbocycles. The van der Waals surface area contributed by atoms with Crippen LogP contribution in [0.4, 0.5) is 5.82 Å². The lowest BCUT2D eigenvalue weighted by molar-refractivity contribution is -0.116. The molecule has 0 bridgehead atoms. The van der Waals surface area contributed by atoms with Crippen molar-refractivity contribution in [1.29, 1.82) is 0 Å². The lowest BCUT2D eigenvalue weighted by Crippen LogP contribution is -2.42. The van der Waals surface area contributed by atoms with Crippen LogP contribution < -0.4 is 5.32 Å². The molecule has 1 heterocycles. The second kappa shape index (κ2) is 7.59. The first-order valence-electron chi connectivity index (χ1n) is 8.34. The Bertz CT molecular complexity index is 836. The van der Waals surface area contributed by atoms with Crippen molar-refractivity contribution in [3.05, 3.63) is 42.2 Å². The average molecular weight is 379 g/mol. The Morgan fingerprint density at radius 1 is 1.19 bits per heavy atom.